The number of hydrogen-bond acceptors (Lipinski definition) is 6. The molecule has 6 nitrogen and oxygen atoms in total. The van der Waals surface area contributed by atoms with E-state index in [2.05, 4.69) is 0 Å². The number of rotatable bonds is 4. The van der Waals surface area contributed by atoms with Gasteiger partial charge in [0.05, 0.1) is 18.4 Å². The molecule has 0 radical (unpaired) electrons. The predicted octanol–water partition coefficient (Wildman–Crippen LogP) is 5.71. The van der Waals surface area contributed by atoms with E-state index in [9.17, 15) is 0 Å². The summed E-state index contributed by atoms with van der Waals surface area (Å²) in [4.78, 5) is 0. The third-order valence-electron chi connectivity index (χ3n) is 5.93. The van der Waals surface area contributed by atoms with E-state index in [0.717, 1.165) is 51.8 Å². The lowest BCUT2D eigenvalue weighted by atomic mass is 9.95. The maximum absolute atomic E-state index is 6.42. The average molecular weight is 449 g/mol. The SMILES string of the molecule is CCOc1ccc([C@H]2Oc3ccc(Cl)cc3[C@H]3CC(c4ccc5c(c4)OCO5)=NN32)cc1. The van der Waals surface area contributed by atoms with Gasteiger partial charge in [0.2, 0.25) is 13.0 Å². The molecule has 3 heterocycles. The molecule has 0 fully saturated rings. The highest BCUT2D eigenvalue weighted by Gasteiger charge is 2.41. The highest BCUT2D eigenvalue weighted by Crippen LogP contribution is 2.48. The second-order valence-electron chi connectivity index (χ2n) is 7.87. The van der Waals surface area contributed by atoms with Crippen LogP contribution >= 0.6 is 11.6 Å². The molecular weight excluding hydrogens is 428 g/mol. The van der Waals surface area contributed by atoms with Gasteiger partial charge < -0.3 is 18.9 Å². The lowest BCUT2D eigenvalue weighted by Gasteiger charge is -2.38. The zero-order valence-corrected chi connectivity index (χ0v) is 18.2. The Hall–Kier alpha value is -3.38. The fourth-order valence-electron chi connectivity index (χ4n) is 4.42. The second-order valence-corrected chi connectivity index (χ2v) is 8.31. The summed E-state index contributed by atoms with van der Waals surface area (Å²) in [6.07, 6.45) is 0.389. The molecule has 3 aromatic carbocycles. The van der Waals surface area contributed by atoms with Gasteiger partial charge in [0.15, 0.2) is 11.5 Å². The molecule has 0 unspecified atom stereocenters. The van der Waals surface area contributed by atoms with E-state index in [1.54, 1.807) is 0 Å². The Labute approximate surface area is 190 Å². The highest BCUT2D eigenvalue weighted by molar-refractivity contribution is 6.30. The lowest BCUT2D eigenvalue weighted by molar-refractivity contribution is -0.0190. The Morgan fingerprint density at radius 3 is 2.66 bits per heavy atom. The van der Waals surface area contributed by atoms with Gasteiger partial charge in [-0.2, -0.15) is 5.10 Å². The summed E-state index contributed by atoms with van der Waals surface area (Å²) in [6.45, 7) is 2.85. The fourth-order valence-corrected chi connectivity index (χ4v) is 4.60. The largest absolute Gasteiger partial charge is 0.494 e. The minimum atomic E-state index is -0.351. The Balaban J connectivity index is 1.40. The van der Waals surface area contributed by atoms with Crippen molar-refractivity contribution in [2.24, 2.45) is 5.10 Å². The summed E-state index contributed by atoms with van der Waals surface area (Å²) in [5, 5.41) is 7.72. The quantitative estimate of drug-likeness (QED) is 0.511. The topological polar surface area (TPSA) is 52.5 Å². The molecule has 0 saturated carbocycles. The molecule has 2 atom stereocenters. The standard InChI is InChI=1S/C25H21ClN2O4/c1-2-29-18-7-3-15(4-8-18)25-28-21(19-12-17(26)6-10-22(19)32-25)13-20(27-28)16-5-9-23-24(11-16)31-14-30-23/h3-12,21,25H,2,13-14H2,1H3/t21-,25-/m1/s1. The van der Waals surface area contributed by atoms with Crippen LogP contribution in [0.2, 0.25) is 5.02 Å². The van der Waals surface area contributed by atoms with Gasteiger partial charge in [-0.3, -0.25) is 0 Å². The van der Waals surface area contributed by atoms with E-state index < -0.39 is 0 Å². The Kier molecular flexibility index (Phi) is 4.61. The number of benzene rings is 3. The minimum Gasteiger partial charge on any atom is -0.494 e. The van der Waals surface area contributed by atoms with Gasteiger partial charge in [-0.05, 0) is 67.6 Å². The molecule has 0 aliphatic carbocycles. The van der Waals surface area contributed by atoms with Crippen LogP contribution in [-0.2, 0) is 0 Å². The van der Waals surface area contributed by atoms with E-state index in [0.29, 0.717) is 11.6 Å². The van der Waals surface area contributed by atoms with Crippen LogP contribution in [-0.4, -0.2) is 24.1 Å². The first-order chi connectivity index (χ1) is 15.7. The van der Waals surface area contributed by atoms with Crippen LogP contribution in [0, 0.1) is 0 Å². The fraction of sp³-hybridized carbons (Fsp3) is 0.240. The first kappa shape index (κ1) is 19.3. The Bertz CT molecular complexity index is 1210. The second kappa shape index (κ2) is 7.64. The van der Waals surface area contributed by atoms with E-state index in [1.165, 1.54) is 0 Å². The summed E-state index contributed by atoms with van der Waals surface area (Å²) in [6, 6.07) is 19.7. The molecule has 0 spiro atoms. The number of nitrogens with zero attached hydrogens (tertiary/aromatic N) is 2. The van der Waals surface area contributed by atoms with Gasteiger partial charge in [-0.25, -0.2) is 5.01 Å². The zero-order valence-electron chi connectivity index (χ0n) is 17.5. The minimum absolute atomic E-state index is 0.0226. The van der Waals surface area contributed by atoms with E-state index in [4.69, 9.17) is 35.6 Å². The number of halogens is 1. The Morgan fingerprint density at radius 1 is 1.00 bits per heavy atom. The van der Waals surface area contributed by atoms with Crippen molar-refractivity contribution in [2.75, 3.05) is 13.4 Å². The molecule has 6 rings (SSSR count). The van der Waals surface area contributed by atoms with Gasteiger partial charge >= 0.3 is 0 Å². The third kappa shape index (κ3) is 3.22. The molecule has 3 aliphatic heterocycles. The van der Waals surface area contributed by atoms with Gasteiger partial charge in [0.1, 0.15) is 11.5 Å². The smallest absolute Gasteiger partial charge is 0.231 e. The van der Waals surface area contributed by atoms with E-state index >= 15 is 0 Å². The zero-order chi connectivity index (χ0) is 21.7. The molecule has 3 aliphatic rings. The van der Waals surface area contributed by atoms with Crippen molar-refractivity contribution >= 4 is 17.3 Å². The number of fused-ring (bicyclic) bond motifs is 4. The van der Waals surface area contributed by atoms with Crippen LogP contribution in [0.3, 0.4) is 0 Å². The summed E-state index contributed by atoms with van der Waals surface area (Å²) in [5.74, 6) is 3.18. The third-order valence-corrected chi connectivity index (χ3v) is 6.17. The first-order valence-electron chi connectivity index (χ1n) is 10.6. The van der Waals surface area contributed by atoms with Crippen LogP contribution in [0.5, 0.6) is 23.0 Å². The molecule has 0 aromatic heterocycles. The van der Waals surface area contributed by atoms with Crippen molar-refractivity contribution in [2.45, 2.75) is 25.6 Å². The van der Waals surface area contributed by atoms with Crippen molar-refractivity contribution in [3.05, 3.63) is 82.4 Å². The maximum Gasteiger partial charge on any atom is 0.231 e. The van der Waals surface area contributed by atoms with Crippen molar-refractivity contribution in [3.63, 3.8) is 0 Å². The molecule has 0 N–H and O–H groups in total. The Morgan fingerprint density at radius 2 is 1.81 bits per heavy atom. The normalized spacial score (nSPS) is 20.3. The summed E-state index contributed by atoms with van der Waals surface area (Å²) in [5.41, 5.74) is 4.03. The van der Waals surface area contributed by atoms with Crippen molar-refractivity contribution < 1.29 is 18.9 Å². The molecular formula is C25H21ClN2O4. The number of ether oxygens (including phenoxy) is 4. The summed E-state index contributed by atoms with van der Waals surface area (Å²) in [7, 11) is 0. The van der Waals surface area contributed by atoms with Gasteiger partial charge in [0.25, 0.3) is 0 Å². The number of hydrazone groups is 1. The summed E-state index contributed by atoms with van der Waals surface area (Å²) < 4.78 is 23.0. The van der Waals surface area contributed by atoms with Crippen LogP contribution in [0.15, 0.2) is 65.8 Å². The molecule has 7 heteroatoms. The average Bonchev–Trinajstić information content (AvgIpc) is 3.46. The van der Waals surface area contributed by atoms with Crippen LogP contribution in [0.25, 0.3) is 0 Å². The highest BCUT2D eigenvalue weighted by atomic mass is 35.5. The first-order valence-corrected chi connectivity index (χ1v) is 11.0. The molecule has 0 saturated heterocycles. The maximum atomic E-state index is 6.42. The molecule has 162 valence electrons. The van der Waals surface area contributed by atoms with Crippen LogP contribution in [0.4, 0.5) is 0 Å². The van der Waals surface area contributed by atoms with Gasteiger partial charge in [0, 0.05) is 28.1 Å². The summed E-state index contributed by atoms with van der Waals surface area (Å²) >= 11 is 6.33. The molecule has 32 heavy (non-hydrogen) atoms. The van der Waals surface area contributed by atoms with Gasteiger partial charge in [-0.15, -0.1) is 0 Å². The van der Waals surface area contributed by atoms with Crippen LogP contribution < -0.4 is 18.9 Å². The number of hydrogen-bond donors (Lipinski definition) is 0. The molecule has 0 amide bonds. The van der Waals surface area contributed by atoms with Crippen LogP contribution in [0.1, 0.15) is 42.3 Å². The van der Waals surface area contributed by atoms with Crippen molar-refractivity contribution in [1.82, 2.24) is 5.01 Å². The van der Waals surface area contributed by atoms with E-state index in [-0.39, 0.29) is 19.1 Å². The molecule has 3 aromatic rings. The van der Waals surface area contributed by atoms with Crippen molar-refractivity contribution in [1.29, 1.82) is 0 Å². The molecule has 0 bridgehead atoms. The lowest BCUT2D eigenvalue weighted by Crippen LogP contribution is -2.33. The monoisotopic (exact) mass is 448 g/mol. The van der Waals surface area contributed by atoms with Crippen molar-refractivity contribution in [3.8, 4) is 23.0 Å². The van der Waals surface area contributed by atoms with E-state index in [1.807, 2.05) is 72.6 Å². The predicted molar refractivity (Wildman–Crippen MR) is 121 cm³/mol. The van der Waals surface area contributed by atoms with Gasteiger partial charge in [-0.1, -0.05) is 11.6 Å².